The second kappa shape index (κ2) is 8.35. The Bertz CT molecular complexity index is 647. The van der Waals surface area contributed by atoms with E-state index in [-0.39, 0.29) is 6.10 Å². The summed E-state index contributed by atoms with van der Waals surface area (Å²) in [4.78, 5) is 4.62. The number of ether oxygens (including phenoxy) is 1. The highest BCUT2D eigenvalue weighted by Crippen LogP contribution is 2.20. The lowest BCUT2D eigenvalue weighted by atomic mass is 10.1. The van der Waals surface area contributed by atoms with Crippen molar-refractivity contribution in [3.63, 3.8) is 0 Å². The monoisotopic (exact) mass is 297 g/mol. The molecule has 1 aromatic carbocycles. The molecule has 0 amide bonds. The van der Waals surface area contributed by atoms with Crippen molar-refractivity contribution >= 4 is 17.0 Å². The summed E-state index contributed by atoms with van der Waals surface area (Å²) in [6.07, 6.45) is 8.44. The minimum absolute atomic E-state index is 0.218. The van der Waals surface area contributed by atoms with Gasteiger partial charge in [0.25, 0.3) is 0 Å². The fraction of sp³-hybridized carbons (Fsp3) is 0.316. The third-order valence-electron chi connectivity index (χ3n) is 3.33. The first-order chi connectivity index (χ1) is 10.7. The molecule has 0 radical (unpaired) electrons. The predicted octanol–water partition coefficient (Wildman–Crippen LogP) is 4.36. The number of rotatable bonds is 8. The van der Waals surface area contributed by atoms with Gasteiger partial charge in [0.1, 0.15) is 12.4 Å². The van der Waals surface area contributed by atoms with Crippen molar-refractivity contribution in [2.24, 2.45) is 0 Å². The molecular formula is C19H23NO2. The molecule has 0 spiro atoms. The fourth-order valence-electron chi connectivity index (χ4n) is 2.19. The van der Waals surface area contributed by atoms with E-state index in [1.165, 1.54) is 0 Å². The maximum absolute atomic E-state index is 9.21. The summed E-state index contributed by atoms with van der Waals surface area (Å²) in [6.45, 7) is 5.97. The van der Waals surface area contributed by atoms with Gasteiger partial charge in [0.05, 0.1) is 17.3 Å². The second-order valence-corrected chi connectivity index (χ2v) is 5.37. The van der Waals surface area contributed by atoms with Gasteiger partial charge in [-0.1, -0.05) is 24.8 Å². The average Bonchev–Trinajstić information content (AvgIpc) is 2.52. The van der Waals surface area contributed by atoms with E-state index in [4.69, 9.17) is 4.74 Å². The van der Waals surface area contributed by atoms with Crippen molar-refractivity contribution in [3.05, 3.63) is 54.8 Å². The SMILES string of the molecule is C=CCOc1ccc2nc(/C=C/CCCC(C)O)ccc2c1. The summed E-state index contributed by atoms with van der Waals surface area (Å²) in [7, 11) is 0. The maximum atomic E-state index is 9.21. The van der Waals surface area contributed by atoms with E-state index in [2.05, 4.69) is 23.7 Å². The van der Waals surface area contributed by atoms with Gasteiger partial charge in [0.2, 0.25) is 0 Å². The van der Waals surface area contributed by atoms with Crippen LogP contribution in [0.3, 0.4) is 0 Å². The minimum atomic E-state index is -0.218. The van der Waals surface area contributed by atoms with E-state index in [1.54, 1.807) is 6.08 Å². The predicted molar refractivity (Wildman–Crippen MR) is 92.0 cm³/mol. The molecule has 0 saturated carbocycles. The van der Waals surface area contributed by atoms with E-state index in [0.717, 1.165) is 41.6 Å². The molecule has 0 fully saturated rings. The highest BCUT2D eigenvalue weighted by atomic mass is 16.5. The molecule has 0 aliphatic rings. The Morgan fingerprint density at radius 3 is 2.95 bits per heavy atom. The molecule has 2 rings (SSSR count). The molecule has 1 atom stereocenters. The lowest BCUT2D eigenvalue weighted by Crippen LogP contribution is -1.97. The van der Waals surface area contributed by atoms with Crippen molar-refractivity contribution in [1.29, 1.82) is 0 Å². The van der Waals surface area contributed by atoms with Gasteiger partial charge in [-0.3, -0.25) is 0 Å². The van der Waals surface area contributed by atoms with Crippen molar-refractivity contribution < 1.29 is 9.84 Å². The zero-order chi connectivity index (χ0) is 15.8. The van der Waals surface area contributed by atoms with Crippen LogP contribution in [0.15, 0.2) is 49.1 Å². The van der Waals surface area contributed by atoms with Crippen LogP contribution in [0, 0.1) is 0 Å². The highest BCUT2D eigenvalue weighted by molar-refractivity contribution is 5.81. The van der Waals surface area contributed by atoms with Gasteiger partial charge in [-0.15, -0.1) is 0 Å². The van der Waals surface area contributed by atoms with Crippen molar-refractivity contribution in [2.45, 2.75) is 32.3 Å². The fourth-order valence-corrected chi connectivity index (χ4v) is 2.19. The Labute approximate surface area is 132 Å². The van der Waals surface area contributed by atoms with Crippen molar-refractivity contribution in [3.8, 4) is 5.75 Å². The quantitative estimate of drug-likeness (QED) is 0.581. The zero-order valence-corrected chi connectivity index (χ0v) is 13.0. The van der Waals surface area contributed by atoms with E-state index in [9.17, 15) is 5.11 Å². The highest BCUT2D eigenvalue weighted by Gasteiger charge is 1.99. The van der Waals surface area contributed by atoms with E-state index >= 15 is 0 Å². The molecule has 1 heterocycles. The Kier molecular flexibility index (Phi) is 6.16. The van der Waals surface area contributed by atoms with Crippen molar-refractivity contribution in [1.82, 2.24) is 4.98 Å². The topological polar surface area (TPSA) is 42.4 Å². The number of benzene rings is 1. The Morgan fingerprint density at radius 2 is 2.18 bits per heavy atom. The number of aliphatic hydroxyl groups excluding tert-OH is 1. The molecule has 1 unspecified atom stereocenters. The zero-order valence-electron chi connectivity index (χ0n) is 13.0. The molecule has 116 valence electrons. The molecule has 3 heteroatoms. The summed E-state index contributed by atoms with van der Waals surface area (Å²) in [5.74, 6) is 0.829. The number of hydrogen-bond donors (Lipinski definition) is 1. The molecule has 3 nitrogen and oxygen atoms in total. The Balaban J connectivity index is 2.01. The van der Waals surface area contributed by atoms with Crippen molar-refractivity contribution in [2.75, 3.05) is 6.61 Å². The largest absolute Gasteiger partial charge is 0.490 e. The molecule has 22 heavy (non-hydrogen) atoms. The molecule has 1 N–H and O–H groups in total. The summed E-state index contributed by atoms with van der Waals surface area (Å²) in [5.41, 5.74) is 1.90. The number of aromatic nitrogens is 1. The number of aliphatic hydroxyl groups is 1. The number of nitrogens with zero attached hydrogens (tertiary/aromatic N) is 1. The Morgan fingerprint density at radius 1 is 1.32 bits per heavy atom. The second-order valence-electron chi connectivity index (χ2n) is 5.37. The third kappa shape index (κ3) is 5.01. The molecule has 1 aromatic heterocycles. The van der Waals surface area contributed by atoms with Crippen LogP contribution in [0.4, 0.5) is 0 Å². The lowest BCUT2D eigenvalue weighted by Gasteiger charge is -2.05. The van der Waals surface area contributed by atoms with Gasteiger partial charge in [0, 0.05) is 5.39 Å². The van der Waals surface area contributed by atoms with Crippen LogP contribution in [0.5, 0.6) is 5.75 Å². The van der Waals surface area contributed by atoms with Gasteiger partial charge in [-0.2, -0.15) is 0 Å². The number of pyridine rings is 1. The average molecular weight is 297 g/mol. The number of unbranched alkanes of at least 4 members (excludes halogenated alkanes) is 1. The standard InChI is InChI=1S/C19H23NO2/c1-3-13-22-18-11-12-19-16(14-18)9-10-17(20-19)8-6-4-5-7-15(2)21/h3,6,8-12,14-15,21H,1,4-5,7,13H2,2H3/b8-6+. The molecule has 0 aliphatic carbocycles. The number of fused-ring (bicyclic) bond motifs is 1. The van der Waals surface area contributed by atoms with Gasteiger partial charge in [-0.05, 0) is 56.5 Å². The summed E-state index contributed by atoms with van der Waals surface area (Å²) in [6, 6.07) is 9.94. The molecule has 0 aliphatic heterocycles. The van der Waals surface area contributed by atoms with Crippen LogP contribution in [0.2, 0.25) is 0 Å². The van der Waals surface area contributed by atoms with Crippen LogP contribution in [-0.2, 0) is 0 Å². The third-order valence-corrected chi connectivity index (χ3v) is 3.33. The number of hydrogen-bond acceptors (Lipinski definition) is 3. The van der Waals surface area contributed by atoms with E-state index in [1.807, 2.05) is 37.3 Å². The van der Waals surface area contributed by atoms with Crippen LogP contribution in [0.1, 0.15) is 31.9 Å². The summed E-state index contributed by atoms with van der Waals surface area (Å²) < 4.78 is 5.52. The number of allylic oxidation sites excluding steroid dienone is 1. The van der Waals surface area contributed by atoms with Gasteiger partial charge >= 0.3 is 0 Å². The van der Waals surface area contributed by atoms with Gasteiger partial charge in [-0.25, -0.2) is 4.98 Å². The van der Waals surface area contributed by atoms with E-state index in [0.29, 0.717) is 6.61 Å². The molecule has 0 saturated heterocycles. The first-order valence-corrected chi connectivity index (χ1v) is 7.68. The Hall–Kier alpha value is -2.13. The molecule has 2 aromatic rings. The first-order valence-electron chi connectivity index (χ1n) is 7.68. The summed E-state index contributed by atoms with van der Waals surface area (Å²) >= 11 is 0. The van der Waals surface area contributed by atoms with E-state index < -0.39 is 0 Å². The van der Waals surface area contributed by atoms with Crippen LogP contribution < -0.4 is 4.74 Å². The van der Waals surface area contributed by atoms with Crippen LogP contribution in [-0.4, -0.2) is 22.8 Å². The normalized spacial score (nSPS) is 12.6. The molecular weight excluding hydrogens is 274 g/mol. The minimum Gasteiger partial charge on any atom is -0.490 e. The first kappa shape index (κ1) is 16.2. The van der Waals surface area contributed by atoms with Gasteiger partial charge in [0.15, 0.2) is 0 Å². The van der Waals surface area contributed by atoms with Gasteiger partial charge < -0.3 is 9.84 Å². The molecule has 0 bridgehead atoms. The lowest BCUT2D eigenvalue weighted by molar-refractivity contribution is 0.182. The van der Waals surface area contributed by atoms with Crippen LogP contribution in [0.25, 0.3) is 17.0 Å². The van der Waals surface area contributed by atoms with Crippen LogP contribution >= 0.6 is 0 Å². The smallest absolute Gasteiger partial charge is 0.120 e. The summed E-state index contributed by atoms with van der Waals surface area (Å²) in [5, 5.41) is 10.3. The maximum Gasteiger partial charge on any atom is 0.120 e.